The molecule has 0 bridgehead atoms. The number of hydrogen-bond acceptors (Lipinski definition) is 4. The number of halogens is 1. The normalized spacial score (nSPS) is 13.6. The van der Waals surface area contributed by atoms with Crippen molar-refractivity contribution in [2.24, 2.45) is 11.8 Å². The van der Waals surface area contributed by atoms with Crippen LogP contribution in [0.4, 0.5) is 0 Å². The molecule has 1 aromatic heterocycles. The van der Waals surface area contributed by atoms with E-state index in [1.165, 1.54) is 0 Å². The van der Waals surface area contributed by atoms with Crippen molar-refractivity contribution in [3.63, 3.8) is 0 Å². The van der Waals surface area contributed by atoms with Crippen molar-refractivity contribution >= 4 is 23.4 Å². The Morgan fingerprint density at radius 1 is 1.33 bits per heavy atom. The summed E-state index contributed by atoms with van der Waals surface area (Å²) in [6.45, 7) is 5.49. The molecule has 144 valence electrons. The summed E-state index contributed by atoms with van der Waals surface area (Å²) in [5, 5.41) is 7.26. The van der Waals surface area contributed by atoms with Gasteiger partial charge in [0, 0.05) is 30.1 Å². The van der Waals surface area contributed by atoms with Crippen LogP contribution in [0.1, 0.15) is 48.5 Å². The molecule has 1 aromatic carbocycles. The molecule has 1 aliphatic carbocycles. The van der Waals surface area contributed by atoms with Gasteiger partial charge in [-0.05, 0) is 36.5 Å². The average molecular weight is 390 g/mol. The van der Waals surface area contributed by atoms with Gasteiger partial charge in [0.1, 0.15) is 0 Å². The van der Waals surface area contributed by atoms with Gasteiger partial charge in [-0.15, -0.1) is 0 Å². The fourth-order valence-corrected chi connectivity index (χ4v) is 3.08. The molecule has 0 aliphatic heterocycles. The van der Waals surface area contributed by atoms with Crippen LogP contribution in [-0.2, 0) is 17.9 Å². The quantitative estimate of drug-likeness (QED) is 0.747. The molecule has 2 amide bonds. The number of nitrogens with one attached hydrogen (secondary N) is 1. The van der Waals surface area contributed by atoms with Gasteiger partial charge >= 0.3 is 0 Å². The van der Waals surface area contributed by atoms with E-state index in [0.29, 0.717) is 36.3 Å². The van der Waals surface area contributed by atoms with Crippen LogP contribution < -0.4 is 5.32 Å². The van der Waals surface area contributed by atoms with Gasteiger partial charge in [-0.2, -0.15) is 0 Å². The smallest absolute Gasteiger partial charge is 0.273 e. The number of aromatic nitrogens is 1. The Hall–Kier alpha value is -2.34. The second kappa shape index (κ2) is 8.57. The standard InChI is InChI=1S/C20H24ClN3O3/c1-13(2)11-24(20(26)15-6-7-15)12-17-9-18(23-27-17)19(25)22-10-14-4-3-5-16(21)8-14/h3-5,8-9,13,15H,6-7,10-12H2,1-2H3,(H,22,25). The first-order valence-corrected chi connectivity index (χ1v) is 9.57. The lowest BCUT2D eigenvalue weighted by Crippen LogP contribution is -2.34. The van der Waals surface area contributed by atoms with Gasteiger partial charge in [-0.3, -0.25) is 9.59 Å². The lowest BCUT2D eigenvalue weighted by molar-refractivity contribution is -0.134. The second-order valence-electron chi connectivity index (χ2n) is 7.38. The van der Waals surface area contributed by atoms with Crippen molar-refractivity contribution in [3.8, 4) is 0 Å². The summed E-state index contributed by atoms with van der Waals surface area (Å²) in [6.07, 6.45) is 1.92. The molecule has 3 rings (SSSR count). The number of carbonyl (C=O) groups excluding carboxylic acids is 2. The van der Waals surface area contributed by atoms with Gasteiger partial charge in [0.15, 0.2) is 11.5 Å². The zero-order valence-corrected chi connectivity index (χ0v) is 16.3. The first-order chi connectivity index (χ1) is 12.9. The average Bonchev–Trinajstić information content (AvgIpc) is 3.37. The molecule has 1 saturated carbocycles. The predicted octanol–water partition coefficient (Wildman–Crippen LogP) is 3.65. The van der Waals surface area contributed by atoms with E-state index in [1.54, 1.807) is 23.1 Å². The van der Waals surface area contributed by atoms with Crippen LogP contribution in [-0.4, -0.2) is 28.4 Å². The SMILES string of the molecule is CC(C)CN(Cc1cc(C(=O)NCc2cccc(Cl)c2)no1)C(=O)C1CC1. The highest BCUT2D eigenvalue weighted by atomic mass is 35.5. The van der Waals surface area contributed by atoms with Crippen molar-refractivity contribution in [3.05, 3.63) is 52.4 Å². The number of amides is 2. The molecular formula is C20H24ClN3O3. The summed E-state index contributed by atoms with van der Waals surface area (Å²) in [4.78, 5) is 26.5. The third-order valence-corrected chi connectivity index (χ3v) is 4.54. The maximum atomic E-state index is 12.4. The zero-order valence-electron chi connectivity index (χ0n) is 15.6. The minimum Gasteiger partial charge on any atom is -0.359 e. The Bertz CT molecular complexity index is 814. The van der Waals surface area contributed by atoms with Gasteiger partial charge in [0.25, 0.3) is 5.91 Å². The Labute approximate surface area is 163 Å². The van der Waals surface area contributed by atoms with Gasteiger partial charge in [0.2, 0.25) is 5.91 Å². The minimum atomic E-state index is -0.325. The summed E-state index contributed by atoms with van der Waals surface area (Å²) >= 11 is 5.94. The van der Waals surface area contributed by atoms with Crippen LogP contribution >= 0.6 is 11.6 Å². The van der Waals surface area contributed by atoms with Crippen LogP contribution in [0, 0.1) is 11.8 Å². The van der Waals surface area contributed by atoms with E-state index in [1.807, 2.05) is 12.1 Å². The highest BCUT2D eigenvalue weighted by Crippen LogP contribution is 2.31. The van der Waals surface area contributed by atoms with E-state index in [4.69, 9.17) is 16.1 Å². The first-order valence-electron chi connectivity index (χ1n) is 9.19. The maximum Gasteiger partial charge on any atom is 0.273 e. The molecule has 0 spiro atoms. The molecule has 1 fully saturated rings. The topological polar surface area (TPSA) is 75.4 Å². The predicted molar refractivity (Wildman–Crippen MR) is 102 cm³/mol. The molecule has 0 atom stereocenters. The lowest BCUT2D eigenvalue weighted by atomic mass is 10.2. The zero-order chi connectivity index (χ0) is 19.4. The van der Waals surface area contributed by atoms with Crippen LogP contribution in [0.25, 0.3) is 0 Å². The van der Waals surface area contributed by atoms with Crippen molar-refractivity contribution in [1.29, 1.82) is 0 Å². The Morgan fingerprint density at radius 3 is 2.78 bits per heavy atom. The van der Waals surface area contributed by atoms with Crippen molar-refractivity contribution < 1.29 is 14.1 Å². The summed E-state index contributed by atoms with van der Waals surface area (Å²) < 4.78 is 5.29. The Kier molecular flexibility index (Phi) is 6.16. The number of nitrogens with zero attached hydrogens (tertiary/aromatic N) is 2. The van der Waals surface area contributed by atoms with E-state index in [2.05, 4.69) is 24.3 Å². The van der Waals surface area contributed by atoms with Crippen LogP contribution in [0.15, 0.2) is 34.9 Å². The maximum absolute atomic E-state index is 12.4. The molecule has 2 aromatic rings. The largest absolute Gasteiger partial charge is 0.359 e. The van der Waals surface area contributed by atoms with Gasteiger partial charge in [-0.25, -0.2) is 0 Å². The molecule has 0 unspecified atom stereocenters. The molecule has 6 nitrogen and oxygen atoms in total. The van der Waals surface area contributed by atoms with Crippen molar-refractivity contribution in [1.82, 2.24) is 15.4 Å². The van der Waals surface area contributed by atoms with Crippen molar-refractivity contribution in [2.75, 3.05) is 6.54 Å². The number of hydrogen-bond donors (Lipinski definition) is 1. The fraction of sp³-hybridized carbons (Fsp3) is 0.450. The van der Waals surface area contributed by atoms with Gasteiger partial charge in [0.05, 0.1) is 6.54 Å². The Morgan fingerprint density at radius 2 is 2.11 bits per heavy atom. The number of carbonyl (C=O) groups is 2. The summed E-state index contributed by atoms with van der Waals surface area (Å²) in [7, 11) is 0. The number of benzene rings is 1. The number of rotatable bonds is 8. The first kappa shape index (κ1) is 19.4. The summed E-state index contributed by atoms with van der Waals surface area (Å²) in [6, 6.07) is 8.89. The highest BCUT2D eigenvalue weighted by Gasteiger charge is 2.34. The van der Waals surface area contributed by atoms with Crippen LogP contribution in [0.5, 0.6) is 0 Å². The molecule has 27 heavy (non-hydrogen) atoms. The minimum absolute atomic E-state index is 0.145. The monoisotopic (exact) mass is 389 g/mol. The molecule has 0 radical (unpaired) electrons. The van der Waals surface area contributed by atoms with E-state index < -0.39 is 0 Å². The van der Waals surface area contributed by atoms with E-state index in [-0.39, 0.29) is 23.4 Å². The summed E-state index contributed by atoms with van der Waals surface area (Å²) in [5.74, 6) is 0.849. The molecule has 1 N–H and O–H groups in total. The molecule has 7 heteroatoms. The van der Waals surface area contributed by atoms with E-state index in [0.717, 1.165) is 18.4 Å². The van der Waals surface area contributed by atoms with Crippen molar-refractivity contribution in [2.45, 2.75) is 39.8 Å². The molecular weight excluding hydrogens is 366 g/mol. The van der Waals surface area contributed by atoms with Gasteiger partial charge in [-0.1, -0.05) is 42.7 Å². The Balaban J connectivity index is 1.59. The third kappa shape index (κ3) is 5.57. The van der Waals surface area contributed by atoms with E-state index >= 15 is 0 Å². The van der Waals surface area contributed by atoms with E-state index in [9.17, 15) is 9.59 Å². The fourth-order valence-electron chi connectivity index (χ4n) is 2.86. The molecule has 1 heterocycles. The third-order valence-electron chi connectivity index (χ3n) is 4.30. The summed E-state index contributed by atoms with van der Waals surface area (Å²) in [5.41, 5.74) is 1.10. The lowest BCUT2D eigenvalue weighted by Gasteiger charge is -2.23. The van der Waals surface area contributed by atoms with Crippen LogP contribution in [0.2, 0.25) is 5.02 Å². The second-order valence-corrected chi connectivity index (χ2v) is 7.81. The molecule has 1 aliphatic rings. The highest BCUT2D eigenvalue weighted by molar-refractivity contribution is 6.30. The molecule has 0 saturated heterocycles. The van der Waals surface area contributed by atoms with Crippen LogP contribution in [0.3, 0.4) is 0 Å². The van der Waals surface area contributed by atoms with Gasteiger partial charge < -0.3 is 14.7 Å².